The molecule has 1 atom stereocenters. The molecule has 1 fully saturated rings. The summed E-state index contributed by atoms with van der Waals surface area (Å²) in [6.45, 7) is 7.52. The average Bonchev–Trinajstić information content (AvgIpc) is 2.88. The van der Waals surface area contributed by atoms with Crippen molar-refractivity contribution >= 4 is 34.7 Å². The number of carbonyl (C=O) groups is 2. The van der Waals surface area contributed by atoms with Gasteiger partial charge in [-0.3, -0.25) is 9.59 Å². The maximum absolute atomic E-state index is 14.8. The molecular formula is C27H31F3N4O4. The lowest BCUT2D eigenvalue weighted by molar-refractivity contribution is -0.129. The molecule has 1 aliphatic heterocycles. The normalized spacial score (nSPS) is 14.1. The molecule has 2 N–H and O–H groups in total. The van der Waals surface area contributed by atoms with Crippen LogP contribution in [0, 0.1) is 12.7 Å². The number of hydrogen-bond donors (Lipinski definition) is 2. The molecule has 2 aromatic carbocycles. The molecule has 0 bridgehead atoms. The summed E-state index contributed by atoms with van der Waals surface area (Å²) in [7, 11) is 1.58. The molecule has 2 heterocycles. The van der Waals surface area contributed by atoms with E-state index in [1.54, 1.807) is 21.0 Å². The van der Waals surface area contributed by atoms with Crippen molar-refractivity contribution in [3.05, 3.63) is 59.0 Å². The third kappa shape index (κ3) is 6.27. The van der Waals surface area contributed by atoms with Crippen LogP contribution in [0.25, 0.3) is 10.9 Å². The van der Waals surface area contributed by atoms with Crippen LogP contribution in [0.15, 0.2) is 36.4 Å². The number of aromatic nitrogens is 1. The van der Waals surface area contributed by atoms with Gasteiger partial charge in [-0.1, -0.05) is 18.2 Å². The van der Waals surface area contributed by atoms with Crippen molar-refractivity contribution < 1.29 is 32.6 Å². The van der Waals surface area contributed by atoms with Crippen molar-refractivity contribution in [2.45, 2.75) is 33.2 Å². The molecule has 1 saturated heterocycles. The monoisotopic (exact) mass is 532 g/mol. The van der Waals surface area contributed by atoms with Crippen LogP contribution in [-0.2, 0) is 9.59 Å². The predicted octanol–water partition coefficient (Wildman–Crippen LogP) is 5.17. The van der Waals surface area contributed by atoms with Gasteiger partial charge in [-0.15, -0.1) is 0 Å². The minimum absolute atomic E-state index is 0.0593. The quantitative estimate of drug-likeness (QED) is 0.423. The minimum atomic E-state index is -2.89. The van der Waals surface area contributed by atoms with E-state index >= 15 is 0 Å². The summed E-state index contributed by atoms with van der Waals surface area (Å²) in [6, 6.07) is 9.25. The molecule has 0 unspecified atom stereocenters. The number of nitrogens with zero attached hydrogens (tertiary/aromatic N) is 3. The Labute approximate surface area is 219 Å². The van der Waals surface area contributed by atoms with Gasteiger partial charge in [0.25, 0.3) is 12.9 Å². The Balaban J connectivity index is 0.00000127. The Morgan fingerprint density at radius 1 is 1.16 bits per heavy atom. The number of fused-ring (bicyclic) bond motifs is 1. The van der Waals surface area contributed by atoms with Crippen molar-refractivity contribution in [1.82, 2.24) is 9.88 Å². The lowest BCUT2D eigenvalue weighted by Gasteiger charge is -2.36. The van der Waals surface area contributed by atoms with Gasteiger partial charge in [0.05, 0.1) is 18.7 Å². The Hall–Kier alpha value is -4.02. The van der Waals surface area contributed by atoms with Gasteiger partial charge in [0.1, 0.15) is 17.1 Å². The molecule has 0 spiro atoms. The number of methoxy groups -OCH3 is 1. The molecule has 204 valence electrons. The number of carboxylic acid groups (broad SMARTS) is 1. The highest BCUT2D eigenvalue weighted by atomic mass is 19.3. The molecule has 1 aromatic heterocycles. The van der Waals surface area contributed by atoms with Crippen LogP contribution in [0.3, 0.4) is 0 Å². The van der Waals surface area contributed by atoms with Gasteiger partial charge in [-0.05, 0) is 26.0 Å². The van der Waals surface area contributed by atoms with Gasteiger partial charge >= 0.3 is 0 Å². The number of alkyl halides is 2. The smallest absolute Gasteiger partial charge is 0.290 e. The van der Waals surface area contributed by atoms with Crippen molar-refractivity contribution in [3.63, 3.8) is 0 Å². The average molecular weight is 533 g/mol. The van der Waals surface area contributed by atoms with E-state index in [0.29, 0.717) is 43.1 Å². The number of carbonyl (C=O) groups excluding carboxylic acids is 1. The number of amides is 1. The van der Waals surface area contributed by atoms with Gasteiger partial charge in [-0.2, -0.15) is 0 Å². The third-order valence-electron chi connectivity index (χ3n) is 6.43. The van der Waals surface area contributed by atoms with E-state index in [-0.39, 0.29) is 17.9 Å². The summed E-state index contributed by atoms with van der Waals surface area (Å²) in [5, 5.41) is 11.0. The number of nitrogens with one attached hydrogen (secondary N) is 1. The van der Waals surface area contributed by atoms with Crippen LogP contribution in [0.2, 0.25) is 0 Å². The molecule has 4 rings (SSSR count). The predicted molar refractivity (Wildman–Crippen MR) is 140 cm³/mol. The Kier molecular flexibility index (Phi) is 9.38. The number of pyridine rings is 1. The zero-order valence-electron chi connectivity index (χ0n) is 21.7. The van der Waals surface area contributed by atoms with E-state index in [0.717, 1.165) is 22.8 Å². The molecule has 0 aliphatic carbocycles. The summed E-state index contributed by atoms with van der Waals surface area (Å²) in [5.74, 6) is -0.250. The Morgan fingerprint density at radius 3 is 2.37 bits per heavy atom. The first-order valence-corrected chi connectivity index (χ1v) is 12.0. The van der Waals surface area contributed by atoms with Crippen LogP contribution in [0.5, 0.6) is 5.75 Å². The highest BCUT2D eigenvalue weighted by Crippen LogP contribution is 2.37. The second kappa shape index (κ2) is 12.5. The first kappa shape index (κ1) is 28.5. The number of hydrogen-bond acceptors (Lipinski definition) is 6. The standard InChI is InChI=1S/C26H29F3N4O2.CH2O2/c1-15-12-22(31-16(2)19-6-5-7-20(24(19)27)26(28)29)21-13-18(14-23(35-4)25(21)30-15)33-10-8-32(9-11-33)17(3)34;2-1-3/h5-7,12-14,16,26H,8-11H2,1-4H3,(H,30,31);1H,(H,2,3)/t16-;/m1./s1. The molecule has 38 heavy (non-hydrogen) atoms. The van der Waals surface area contributed by atoms with Gasteiger partial charge in [-0.25, -0.2) is 18.2 Å². The van der Waals surface area contributed by atoms with Crippen molar-refractivity contribution in [2.24, 2.45) is 0 Å². The molecule has 8 nitrogen and oxygen atoms in total. The molecular weight excluding hydrogens is 501 g/mol. The van der Waals surface area contributed by atoms with Crippen molar-refractivity contribution in [3.8, 4) is 5.75 Å². The van der Waals surface area contributed by atoms with Crippen LogP contribution < -0.4 is 15.0 Å². The lowest BCUT2D eigenvalue weighted by Crippen LogP contribution is -2.48. The van der Waals surface area contributed by atoms with Crippen LogP contribution in [0.1, 0.15) is 43.1 Å². The number of benzene rings is 2. The second-order valence-corrected chi connectivity index (χ2v) is 8.87. The van der Waals surface area contributed by atoms with Crippen LogP contribution in [-0.4, -0.2) is 60.7 Å². The highest BCUT2D eigenvalue weighted by Gasteiger charge is 2.23. The second-order valence-electron chi connectivity index (χ2n) is 8.87. The van der Waals surface area contributed by atoms with Crippen LogP contribution in [0.4, 0.5) is 24.5 Å². The number of ether oxygens (including phenoxy) is 1. The fourth-order valence-electron chi connectivity index (χ4n) is 4.53. The fraction of sp³-hybridized carbons (Fsp3) is 0.370. The van der Waals surface area contributed by atoms with Gasteiger partial charge in [0.2, 0.25) is 5.91 Å². The van der Waals surface area contributed by atoms with Gasteiger partial charge < -0.3 is 25.0 Å². The number of piperazine rings is 1. The topological polar surface area (TPSA) is 95.0 Å². The van der Waals surface area contributed by atoms with E-state index in [9.17, 15) is 18.0 Å². The summed E-state index contributed by atoms with van der Waals surface area (Å²) < 4.78 is 46.9. The van der Waals surface area contributed by atoms with Crippen LogP contribution >= 0.6 is 0 Å². The van der Waals surface area contributed by atoms with E-state index in [1.807, 2.05) is 30.0 Å². The maximum atomic E-state index is 14.8. The van der Waals surface area contributed by atoms with Gasteiger partial charge in [0.15, 0.2) is 0 Å². The molecule has 0 radical (unpaired) electrons. The Morgan fingerprint density at radius 2 is 1.79 bits per heavy atom. The number of halogens is 3. The van der Waals surface area contributed by atoms with E-state index in [2.05, 4.69) is 15.2 Å². The van der Waals surface area contributed by atoms with E-state index < -0.39 is 23.8 Å². The fourth-order valence-corrected chi connectivity index (χ4v) is 4.53. The van der Waals surface area contributed by atoms with E-state index in [1.165, 1.54) is 12.1 Å². The zero-order valence-corrected chi connectivity index (χ0v) is 21.7. The Bertz CT molecular complexity index is 1300. The van der Waals surface area contributed by atoms with E-state index in [4.69, 9.17) is 14.6 Å². The molecule has 3 aromatic rings. The lowest BCUT2D eigenvalue weighted by atomic mass is 10.0. The largest absolute Gasteiger partial charge is 0.494 e. The number of rotatable bonds is 6. The number of aryl methyl sites for hydroxylation is 1. The minimum Gasteiger partial charge on any atom is -0.494 e. The molecule has 1 aliphatic rings. The zero-order chi connectivity index (χ0) is 28.0. The highest BCUT2D eigenvalue weighted by molar-refractivity contribution is 5.98. The first-order chi connectivity index (χ1) is 18.1. The maximum Gasteiger partial charge on any atom is 0.290 e. The third-order valence-corrected chi connectivity index (χ3v) is 6.43. The molecule has 1 amide bonds. The van der Waals surface area contributed by atoms with Crippen molar-refractivity contribution in [1.29, 1.82) is 0 Å². The summed E-state index contributed by atoms with van der Waals surface area (Å²) in [6.07, 6.45) is -2.89. The first-order valence-electron chi connectivity index (χ1n) is 12.0. The molecule has 11 heteroatoms. The molecule has 0 saturated carbocycles. The van der Waals surface area contributed by atoms with Crippen molar-refractivity contribution in [2.75, 3.05) is 43.5 Å². The SMILES string of the molecule is COc1cc(N2CCN(C(C)=O)CC2)cc2c(N[C@H](C)c3cccc(C(F)F)c3F)cc(C)nc12.O=CO. The van der Waals surface area contributed by atoms with Gasteiger partial charge in [0, 0.05) is 67.2 Å². The summed E-state index contributed by atoms with van der Waals surface area (Å²) in [4.78, 5) is 28.7. The summed E-state index contributed by atoms with van der Waals surface area (Å²) >= 11 is 0. The number of anilines is 2. The summed E-state index contributed by atoms with van der Waals surface area (Å²) in [5.41, 5.74) is 2.55.